The van der Waals surface area contributed by atoms with Gasteiger partial charge in [-0.2, -0.15) is 9.59 Å². The lowest BCUT2D eigenvalue weighted by Crippen LogP contribution is -2.55. The van der Waals surface area contributed by atoms with Crippen molar-refractivity contribution in [3.63, 3.8) is 0 Å². The van der Waals surface area contributed by atoms with E-state index in [-0.39, 0.29) is 6.15 Å². The van der Waals surface area contributed by atoms with Crippen LogP contribution < -0.4 is 0 Å². The highest BCUT2D eigenvalue weighted by Gasteiger charge is 2.33. The van der Waals surface area contributed by atoms with Gasteiger partial charge in [0.15, 0.2) is 0 Å². The molecule has 0 saturated heterocycles. The number of likely N-dealkylation sites (N-methyl/N-ethyl adjacent to an activating group) is 1. The van der Waals surface area contributed by atoms with E-state index in [1.165, 1.54) is 0 Å². The highest BCUT2D eigenvalue weighted by atomic mass is 16.4. The lowest BCUT2D eigenvalue weighted by atomic mass is 10.4. The number of hydrazine groups is 1. The van der Waals surface area contributed by atoms with E-state index in [2.05, 4.69) is 0 Å². The first kappa shape index (κ1) is 23.6. The van der Waals surface area contributed by atoms with Crippen LogP contribution in [0.25, 0.3) is 0 Å². The van der Waals surface area contributed by atoms with E-state index in [1.54, 1.807) is 0 Å². The maximum atomic E-state index is 12.4. The molecular weight excluding hydrogens is 408 g/mol. The van der Waals surface area contributed by atoms with E-state index in [1.807, 2.05) is 0 Å². The van der Waals surface area contributed by atoms with Gasteiger partial charge in [-0.15, -0.1) is 0 Å². The maximum Gasteiger partial charge on any atom is 0.373 e. The van der Waals surface area contributed by atoms with Crippen molar-refractivity contribution in [1.82, 2.24) is 19.8 Å². The van der Waals surface area contributed by atoms with Gasteiger partial charge in [0.2, 0.25) is 0 Å². The number of hydrogen-bond donors (Lipinski definition) is 1. The van der Waals surface area contributed by atoms with Crippen LogP contribution in [0.5, 0.6) is 0 Å². The van der Waals surface area contributed by atoms with Crippen molar-refractivity contribution in [1.29, 1.82) is 0 Å². The van der Waals surface area contributed by atoms with Crippen molar-refractivity contribution in [3.8, 4) is 0 Å². The van der Waals surface area contributed by atoms with Gasteiger partial charge in [0, 0.05) is 31.4 Å². The second-order valence-corrected chi connectivity index (χ2v) is 5.54. The zero-order valence-electron chi connectivity index (χ0n) is 15.3. The third-order valence-electron chi connectivity index (χ3n) is 3.68. The molecule has 14 heteroatoms. The molecule has 14 nitrogen and oxygen atoms in total. The average molecular weight is 422 g/mol. The molecule has 0 aromatic heterocycles. The Hall–Kier alpha value is -4.45. The Bertz CT molecular complexity index is 864. The van der Waals surface area contributed by atoms with Crippen LogP contribution in [0.3, 0.4) is 0 Å². The van der Waals surface area contributed by atoms with Crippen molar-refractivity contribution in [2.24, 2.45) is 0 Å². The summed E-state index contributed by atoms with van der Waals surface area (Å²) >= 11 is 0. The summed E-state index contributed by atoms with van der Waals surface area (Å²) in [4.78, 5) is 99.2. The van der Waals surface area contributed by atoms with Gasteiger partial charge in [-0.1, -0.05) is 0 Å². The second kappa shape index (κ2) is 10.2. The molecule has 0 saturated carbocycles. The molecule has 1 N–H and O–H groups in total. The fourth-order valence-corrected chi connectivity index (χ4v) is 2.25. The minimum absolute atomic E-state index is 0.250. The third kappa shape index (κ3) is 5.77. The Morgan fingerprint density at radius 2 is 1.17 bits per heavy atom. The molecule has 0 aromatic carbocycles. The predicted octanol–water partition coefficient (Wildman–Crippen LogP) is -3.46. The number of carboxylic acids is 1. The van der Waals surface area contributed by atoms with E-state index in [4.69, 9.17) is 14.7 Å². The van der Waals surface area contributed by atoms with Crippen molar-refractivity contribution in [2.75, 3.05) is 26.7 Å². The Balaban J connectivity index is 0.00000141. The molecule has 0 aliphatic carbocycles. The first-order valence-corrected chi connectivity index (χ1v) is 7.88. The number of aliphatic carboxylic acids is 1. The molecule has 30 heavy (non-hydrogen) atoms. The molecule has 2 aliphatic rings. The van der Waals surface area contributed by atoms with Crippen LogP contribution >= 0.6 is 0 Å². The third-order valence-corrected chi connectivity index (χ3v) is 3.68. The van der Waals surface area contributed by atoms with Crippen LogP contribution in [0.2, 0.25) is 0 Å². The highest BCUT2D eigenvalue weighted by molar-refractivity contribution is 6.15. The summed E-state index contributed by atoms with van der Waals surface area (Å²) in [6.07, 6.45) is 4.08. The Morgan fingerprint density at radius 3 is 1.50 bits per heavy atom. The van der Waals surface area contributed by atoms with Gasteiger partial charge in [0.25, 0.3) is 35.4 Å². The molecule has 2 rings (SSSR count). The van der Waals surface area contributed by atoms with Crippen LogP contribution in [-0.4, -0.2) is 99.2 Å². The van der Waals surface area contributed by atoms with Crippen molar-refractivity contribution < 1.29 is 48.3 Å². The highest BCUT2D eigenvalue weighted by Crippen LogP contribution is 2.08. The minimum atomic E-state index is -1.46. The minimum Gasteiger partial charge on any atom is -0.480 e. The predicted molar refractivity (Wildman–Crippen MR) is 88.8 cm³/mol. The van der Waals surface area contributed by atoms with E-state index in [0.29, 0.717) is 19.8 Å². The Morgan fingerprint density at radius 1 is 0.833 bits per heavy atom. The van der Waals surface area contributed by atoms with Crippen LogP contribution in [0.4, 0.5) is 0 Å². The number of imide groups is 2. The summed E-state index contributed by atoms with van der Waals surface area (Å²) in [5, 5.41) is 10.1. The molecular formula is C16H14N4O10. The molecule has 0 fully saturated rings. The van der Waals surface area contributed by atoms with Crippen molar-refractivity contribution in [3.05, 3.63) is 24.3 Å². The van der Waals surface area contributed by atoms with Gasteiger partial charge >= 0.3 is 12.1 Å². The zero-order valence-corrected chi connectivity index (χ0v) is 15.3. The Kier molecular flexibility index (Phi) is 8.01. The van der Waals surface area contributed by atoms with Crippen LogP contribution in [0.15, 0.2) is 24.3 Å². The molecule has 0 atom stereocenters. The number of rotatable bonds is 6. The summed E-state index contributed by atoms with van der Waals surface area (Å²) in [5.41, 5.74) is 0. The SMILES string of the molecule is CN(C(=O)CN1C(=O)C=CC1=O)N(CC(=O)O)C(=O)CN1C(=O)C=CC1=O.O=C=O. The molecule has 2 heterocycles. The monoisotopic (exact) mass is 422 g/mol. The van der Waals surface area contributed by atoms with Gasteiger partial charge in [-0.25, -0.2) is 5.01 Å². The smallest absolute Gasteiger partial charge is 0.373 e. The summed E-state index contributed by atoms with van der Waals surface area (Å²) in [6.45, 7) is -2.43. The quantitative estimate of drug-likeness (QED) is 0.333. The van der Waals surface area contributed by atoms with E-state index < -0.39 is 61.0 Å². The number of hydrogen-bond acceptors (Lipinski definition) is 9. The summed E-state index contributed by atoms with van der Waals surface area (Å²) in [7, 11) is 1.06. The maximum absolute atomic E-state index is 12.4. The second-order valence-electron chi connectivity index (χ2n) is 5.54. The van der Waals surface area contributed by atoms with Gasteiger partial charge in [0.05, 0.1) is 0 Å². The number of nitrogens with zero attached hydrogens (tertiary/aromatic N) is 4. The standard InChI is InChI=1S/C15H14N4O8.CO2/c1-16(13(24)6-17-9(20)2-3-10(17)21)19(8-15(26)27)14(25)7-18-11(22)4-5-12(18)23;2-1-3/h2-5H,6-8H2,1H3,(H,26,27);. The largest absolute Gasteiger partial charge is 0.480 e. The summed E-state index contributed by atoms with van der Waals surface area (Å²) in [6, 6.07) is 0. The first-order valence-electron chi connectivity index (χ1n) is 7.88. The normalized spacial score (nSPS) is 14.4. The molecule has 0 spiro atoms. The lowest BCUT2D eigenvalue weighted by molar-refractivity contribution is -0.191. The number of carboxylic acid groups (broad SMARTS) is 1. The zero-order chi connectivity index (χ0) is 23.0. The van der Waals surface area contributed by atoms with E-state index in [9.17, 15) is 33.6 Å². The van der Waals surface area contributed by atoms with Crippen LogP contribution in [0, 0.1) is 0 Å². The molecule has 2 aliphatic heterocycles. The van der Waals surface area contributed by atoms with E-state index in [0.717, 1.165) is 31.4 Å². The molecule has 0 unspecified atom stereocenters. The van der Waals surface area contributed by atoms with Crippen molar-refractivity contribution in [2.45, 2.75) is 0 Å². The van der Waals surface area contributed by atoms with Gasteiger partial charge in [0.1, 0.15) is 19.6 Å². The van der Waals surface area contributed by atoms with Gasteiger partial charge in [-0.3, -0.25) is 48.4 Å². The summed E-state index contributed by atoms with van der Waals surface area (Å²) < 4.78 is 0. The topological polar surface area (TPSA) is 187 Å². The van der Waals surface area contributed by atoms with Gasteiger partial charge < -0.3 is 5.11 Å². The molecule has 6 amide bonds. The number of carbonyl (C=O) groups excluding carboxylic acids is 8. The fourth-order valence-electron chi connectivity index (χ4n) is 2.25. The Labute approximate surface area is 167 Å². The average Bonchev–Trinajstić information content (AvgIpc) is 3.16. The fraction of sp³-hybridized carbons (Fsp3) is 0.250. The lowest BCUT2D eigenvalue weighted by Gasteiger charge is -2.32. The molecule has 0 aromatic rings. The number of carbonyl (C=O) groups is 7. The first-order chi connectivity index (χ1) is 14.0. The van der Waals surface area contributed by atoms with Crippen molar-refractivity contribution >= 4 is 47.6 Å². The molecule has 158 valence electrons. The van der Waals surface area contributed by atoms with Gasteiger partial charge in [-0.05, 0) is 0 Å². The summed E-state index contributed by atoms with van der Waals surface area (Å²) in [5.74, 6) is -6.36. The molecule has 0 radical (unpaired) electrons. The van der Waals surface area contributed by atoms with Crippen LogP contribution in [0.1, 0.15) is 0 Å². The van der Waals surface area contributed by atoms with E-state index >= 15 is 0 Å². The molecule has 0 bridgehead atoms. The van der Waals surface area contributed by atoms with Crippen LogP contribution in [-0.2, 0) is 43.2 Å². The number of amides is 6.